The van der Waals surface area contributed by atoms with Crippen LogP contribution >= 0.6 is 0 Å². The van der Waals surface area contributed by atoms with E-state index in [0.29, 0.717) is 12.2 Å². The van der Waals surface area contributed by atoms with E-state index >= 15 is 0 Å². The molecule has 19 heavy (non-hydrogen) atoms. The minimum atomic E-state index is -0.568. The van der Waals surface area contributed by atoms with Crippen molar-refractivity contribution >= 4 is 11.6 Å². The van der Waals surface area contributed by atoms with E-state index in [1.54, 1.807) is 12.5 Å². The van der Waals surface area contributed by atoms with Crippen molar-refractivity contribution in [1.82, 2.24) is 14.9 Å². The molecule has 0 fully saturated rings. The van der Waals surface area contributed by atoms with Crippen LogP contribution < -0.4 is 11.1 Å². The Bertz CT molecular complexity index is 554. The molecular formula is C13H15FN4O. The molecule has 3 N–H and O–H groups in total. The molecule has 0 aliphatic rings. The molecule has 0 radical (unpaired) electrons. The highest BCUT2D eigenvalue weighted by atomic mass is 19.1. The van der Waals surface area contributed by atoms with Gasteiger partial charge in [0.25, 0.3) is 5.91 Å². The number of imidazole rings is 1. The number of nitrogen functional groups attached to an aromatic ring is 1. The van der Waals surface area contributed by atoms with Gasteiger partial charge in [0.2, 0.25) is 0 Å². The topological polar surface area (TPSA) is 72.9 Å². The SMILES string of the molecule is Nc1ccc(F)c(C(=O)NCCCn2ccnc2)c1. The third-order valence-electron chi connectivity index (χ3n) is 2.67. The van der Waals surface area contributed by atoms with Gasteiger partial charge in [-0.15, -0.1) is 0 Å². The van der Waals surface area contributed by atoms with Gasteiger partial charge in [-0.3, -0.25) is 4.79 Å². The standard InChI is InChI=1S/C13H15FN4O/c14-12-3-2-10(15)8-11(12)13(19)17-4-1-6-18-7-5-16-9-18/h2-3,5,7-9H,1,4,6,15H2,(H,17,19). The first-order valence-electron chi connectivity index (χ1n) is 5.96. The summed E-state index contributed by atoms with van der Waals surface area (Å²) in [4.78, 5) is 15.7. The Morgan fingerprint density at radius 3 is 3.05 bits per heavy atom. The van der Waals surface area contributed by atoms with Gasteiger partial charge < -0.3 is 15.6 Å². The van der Waals surface area contributed by atoms with Crippen molar-refractivity contribution in [3.05, 3.63) is 48.3 Å². The molecule has 0 atom stereocenters. The van der Waals surface area contributed by atoms with Gasteiger partial charge in [0.05, 0.1) is 11.9 Å². The zero-order valence-corrected chi connectivity index (χ0v) is 10.3. The Balaban J connectivity index is 1.82. The Hall–Kier alpha value is -2.37. The lowest BCUT2D eigenvalue weighted by Crippen LogP contribution is -2.26. The Kier molecular flexibility index (Phi) is 4.12. The third-order valence-corrected chi connectivity index (χ3v) is 2.67. The summed E-state index contributed by atoms with van der Waals surface area (Å²) in [5.74, 6) is -1.02. The number of nitrogens with zero attached hydrogens (tertiary/aromatic N) is 2. The number of hydrogen-bond donors (Lipinski definition) is 2. The third kappa shape index (κ3) is 3.54. The minimum Gasteiger partial charge on any atom is -0.399 e. The Morgan fingerprint density at radius 1 is 1.47 bits per heavy atom. The van der Waals surface area contributed by atoms with Crippen LogP contribution in [0.4, 0.5) is 10.1 Å². The van der Waals surface area contributed by atoms with Gasteiger partial charge in [-0.1, -0.05) is 0 Å². The van der Waals surface area contributed by atoms with Crippen molar-refractivity contribution in [3.63, 3.8) is 0 Å². The molecule has 1 heterocycles. The second-order valence-corrected chi connectivity index (χ2v) is 4.15. The molecule has 0 saturated carbocycles. The average Bonchev–Trinajstić information content (AvgIpc) is 2.90. The number of benzene rings is 1. The summed E-state index contributed by atoms with van der Waals surface area (Å²) in [6.45, 7) is 1.21. The van der Waals surface area contributed by atoms with Crippen LogP contribution in [0.2, 0.25) is 0 Å². The van der Waals surface area contributed by atoms with E-state index in [0.717, 1.165) is 13.0 Å². The fourth-order valence-electron chi connectivity index (χ4n) is 1.69. The van der Waals surface area contributed by atoms with Gasteiger partial charge >= 0.3 is 0 Å². The lowest BCUT2D eigenvalue weighted by Gasteiger charge is -2.07. The first-order chi connectivity index (χ1) is 9.16. The summed E-state index contributed by atoms with van der Waals surface area (Å²) in [5, 5.41) is 2.66. The number of nitrogens with one attached hydrogen (secondary N) is 1. The highest BCUT2D eigenvalue weighted by molar-refractivity contribution is 5.95. The number of amides is 1. The quantitative estimate of drug-likeness (QED) is 0.632. The van der Waals surface area contributed by atoms with Crippen LogP contribution in [0.15, 0.2) is 36.9 Å². The van der Waals surface area contributed by atoms with Crippen LogP contribution in [0.5, 0.6) is 0 Å². The molecule has 0 bridgehead atoms. The summed E-state index contributed by atoms with van der Waals surface area (Å²) in [6, 6.07) is 3.95. The van der Waals surface area contributed by atoms with Gasteiger partial charge in [0, 0.05) is 31.2 Å². The molecule has 100 valence electrons. The normalized spacial score (nSPS) is 10.4. The maximum atomic E-state index is 13.4. The van der Waals surface area contributed by atoms with Gasteiger partial charge in [0.15, 0.2) is 0 Å². The maximum absolute atomic E-state index is 13.4. The van der Waals surface area contributed by atoms with Crippen LogP contribution in [-0.2, 0) is 6.54 Å². The number of aromatic nitrogens is 2. The fraction of sp³-hybridized carbons (Fsp3) is 0.231. The van der Waals surface area contributed by atoms with Crippen molar-refractivity contribution in [2.45, 2.75) is 13.0 Å². The van der Waals surface area contributed by atoms with Crippen LogP contribution in [0, 0.1) is 5.82 Å². The Morgan fingerprint density at radius 2 is 2.32 bits per heavy atom. The molecule has 0 spiro atoms. The molecule has 6 heteroatoms. The number of carbonyl (C=O) groups is 1. The largest absolute Gasteiger partial charge is 0.399 e. The molecule has 0 aliphatic heterocycles. The average molecular weight is 262 g/mol. The molecule has 5 nitrogen and oxygen atoms in total. The number of carbonyl (C=O) groups excluding carboxylic acids is 1. The number of halogens is 1. The number of hydrogen-bond acceptors (Lipinski definition) is 3. The summed E-state index contributed by atoms with van der Waals surface area (Å²) >= 11 is 0. The van der Waals surface area contributed by atoms with Crippen molar-refractivity contribution in [1.29, 1.82) is 0 Å². The van der Waals surface area contributed by atoms with E-state index in [4.69, 9.17) is 5.73 Å². The molecule has 1 aromatic carbocycles. The number of anilines is 1. The van der Waals surface area contributed by atoms with E-state index in [-0.39, 0.29) is 5.56 Å². The maximum Gasteiger partial charge on any atom is 0.254 e. The molecule has 1 aromatic heterocycles. The lowest BCUT2D eigenvalue weighted by atomic mass is 10.1. The monoisotopic (exact) mass is 262 g/mol. The molecule has 2 rings (SSSR count). The molecule has 2 aromatic rings. The zero-order chi connectivity index (χ0) is 13.7. The Labute approximate surface area is 110 Å². The first kappa shape index (κ1) is 13.1. The summed E-state index contributed by atoms with van der Waals surface area (Å²) in [5.41, 5.74) is 5.87. The van der Waals surface area contributed by atoms with Gasteiger partial charge in [0.1, 0.15) is 5.82 Å². The first-order valence-corrected chi connectivity index (χ1v) is 5.96. The molecule has 0 aliphatic carbocycles. The van der Waals surface area contributed by atoms with Crippen LogP contribution in [0.25, 0.3) is 0 Å². The summed E-state index contributed by atoms with van der Waals surface area (Å²) < 4.78 is 15.3. The van der Waals surface area contributed by atoms with Gasteiger partial charge in [-0.25, -0.2) is 9.37 Å². The van der Waals surface area contributed by atoms with Crippen LogP contribution in [-0.4, -0.2) is 22.0 Å². The summed E-state index contributed by atoms with van der Waals surface area (Å²) in [6.07, 6.45) is 5.99. The predicted octanol–water partition coefficient (Wildman–Crippen LogP) is 1.42. The number of aryl methyl sites for hydroxylation is 1. The lowest BCUT2D eigenvalue weighted by molar-refractivity contribution is 0.0949. The van der Waals surface area contributed by atoms with Crippen molar-refractivity contribution in [3.8, 4) is 0 Å². The molecular weight excluding hydrogens is 247 g/mol. The predicted molar refractivity (Wildman–Crippen MR) is 70.0 cm³/mol. The minimum absolute atomic E-state index is 0.0253. The smallest absolute Gasteiger partial charge is 0.254 e. The molecule has 0 saturated heterocycles. The molecule has 0 unspecified atom stereocenters. The van der Waals surface area contributed by atoms with E-state index < -0.39 is 11.7 Å². The van der Waals surface area contributed by atoms with E-state index in [2.05, 4.69) is 10.3 Å². The molecule has 1 amide bonds. The van der Waals surface area contributed by atoms with E-state index in [1.165, 1.54) is 18.2 Å². The van der Waals surface area contributed by atoms with E-state index in [9.17, 15) is 9.18 Å². The second-order valence-electron chi connectivity index (χ2n) is 4.15. The highest BCUT2D eigenvalue weighted by Gasteiger charge is 2.11. The highest BCUT2D eigenvalue weighted by Crippen LogP contribution is 2.11. The van der Waals surface area contributed by atoms with E-state index in [1.807, 2.05) is 10.8 Å². The van der Waals surface area contributed by atoms with Crippen molar-refractivity contribution < 1.29 is 9.18 Å². The van der Waals surface area contributed by atoms with Crippen LogP contribution in [0.3, 0.4) is 0 Å². The van der Waals surface area contributed by atoms with Gasteiger partial charge in [-0.05, 0) is 24.6 Å². The number of nitrogens with two attached hydrogens (primary N) is 1. The van der Waals surface area contributed by atoms with Crippen molar-refractivity contribution in [2.24, 2.45) is 0 Å². The zero-order valence-electron chi connectivity index (χ0n) is 10.3. The number of rotatable bonds is 5. The summed E-state index contributed by atoms with van der Waals surface area (Å²) in [7, 11) is 0. The second kappa shape index (κ2) is 5.99. The van der Waals surface area contributed by atoms with Gasteiger partial charge in [-0.2, -0.15) is 0 Å². The van der Waals surface area contributed by atoms with Crippen LogP contribution in [0.1, 0.15) is 16.8 Å². The van der Waals surface area contributed by atoms with Crippen molar-refractivity contribution in [2.75, 3.05) is 12.3 Å². The fourth-order valence-corrected chi connectivity index (χ4v) is 1.69.